The molecule has 1 atom stereocenters. The monoisotopic (exact) mass is 355 g/mol. The molecule has 2 heterocycles. The minimum Gasteiger partial charge on any atom is -0.378 e. The van der Waals surface area contributed by atoms with E-state index in [0.717, 1.165) is 0 Å². The maximum atomic E-state index is 14.5. The lowest BCUT2D eigenvalue weighted by Gasteiger charge is -2.29. The van der Waals surface area contributed by atoms with Crippen LogP contribution in [-0.4, -0.2) is 43.9 Å². The van der Waals surface area contributed by atoms with E-state index in [9.17, 15) is 8.78 Å². The molecule has 0 bridgehead atoms. The molecule has 0 aromatic heterocycles. The Balaban J connectivity index is 1.77. The Morgan fingerprint density at radius 1 is 1.33 bits per heavy atom. The fraction of sp³-hybridized carbons (Fsp3) is 0.438. The van der Waals surface area contributed by atoms with Gasteiger partial charge in [0, 0.05) is 25.2 Å². The molecule has 1 fully saturated rings. The summed E-state index contributed by atoms with van der Waals surface area (Å²) in [5, 5.41) is 2.99. The molecule has 3 rings (SSSR count). The van der Waals surface area contributed by atoms with Crippen LogP contribution in [0, 0.1) is 11.6 Å². The van der Waals surface area contributed by atoms with Crippen LogP contribution in [0.25, 0.3) is 5.70 Å². The van der Waals surface area contributed by atoms with Crippen molar-refractivity contribution in [1.82, 2.24) is 10.8 Å². The van der Waals surface area contributed by atoms with Gasteiger partial charge in [0.15, 0.2) is 0 Å². The van der Waals surface area contributed by atoms with E-state index < -0.39 is 11.6 Å². The molecule has 130 valence electrons. The average Bonchev–Trinajstić information content (AvgIpc) is 3.02. The maximum absolute atomic E-state index is 14.5. The molecule has 0 saturated carbocycles. The summed E-state index contributed by atoms with van der Waals surface area (Å²) < 4.78 is 34.1. The third-order valence-corrected chi connectivity index (χ3v) is 4.02. The first-order chi connectivity index (χ1) is 11.5. The van der Waals surface area contributed by atoms with Gasteiger partial charge in [0.2, 0.25) is 0 Å². The van der Waals surface area contributed by atoms with E-state index >= 15 is 0 Å². The Labute approximate surface area is 144 Å². The summed E-state index contributed by atoms with van der Waals surface area (Å²) in [5.41, 5.74) is 3.65. The molecule has 0 spiro atoms. The lowest BCUT2D eigenvalue weighted by Crippen LogP contribution is -2.37. The molecule has 1 aromatic carbocycles. The number of anilines is 1. The summed E-state index contributed by atoms with van der Waals surface area (Å²) in [7, 11) is 0. The molecule has 2 N–H and O–H groups in total. The lowest BCUT2D eigenvalue weighted by atomic mass is 10.1. The highest BCUT2D eigenvalue weighted by Crippen LogP contribution is 2.29. The van der Waals surface area contributed by atoms with Crippen molar-refractivity contribution < 1.29 is 18.4 Å². The van der Waals surface area contributed by atoms with E-state index in [1.165, 1.54) is 12.1 Å². The van der Waals surface area contributed by atoms with Gasteiger partial charge in [-0.15, -0.1) is 0 Å². The van der Waals surface area contributed by atoms with Gasteiger partial charge in [-0.3, -0.25) is 10.3 Å². The van der Waals surface area contributed by atoms with Crippen LogP contribution in [-0.2, 0) is 9.57 Å². The standard InChI is InChI=1S/C16H19F2N3O2S/c1-10(24)19-9-12-8-15(20-23-12)11-6-13(17)16(14(18)7-11)21-2-4-22-5-3-21/h6-8,12,20H,2-5,9H2,1H3,(H,19,24). The zero-order valence-corrected chi connectivity index (χ0v) is 14.1. The Hall–Kier alpha value is -1.77. The lowest BCUT2D eigenvalue weighted by molar-refractivity contribution is 0.0543. The van der Waals surface area contributed by atoms with Gasteiger partial charge in [0.1, 0.15) is 23.4 Å². The molecule has 2 aliphatic rings. The van der Waals surface area contributed by atoms with E-state index in [2.05, 4.69) is 10.8 Å². The zero-order chi connectivity index (χ0) is 17.1. The highest BCUT2D eigenvalue weighted by atomic mass is 32.1. The number of nitrogens with zero attached hydrogens (tertiary/aromatic N) is 1. The van der Waals surface area contributed by atoms with Gasteiger partial charge in [0.05, 0.1) is 23.9 Å². The first-order valence-corrected chi connectivity index (χ1v) is 8.15. The van der Waals surface area contributed by atoms with E-state index in [1.807, 2.05) is 0 Å². The van der Waals surface area contributed by atoms with Crippen molar-refractivity contribution in [1.29, 1.82) is 0 Å². The van der Waals surface area contributed by atoms with Gasteiger partial charge in [0.25, 0.3) is 0 Å². The molecular weight excluding hydrogens is 336 g/mol. The van der Waals surface area contributed by atoms with Crippen LogP contribution in [0.4, 0.5) is 14.5 Å². The van der Waals surface area contributed by atoms with Gasteiger partial charge in [-0.1, -0.05) is 12.2 Å². The molecule has 8 heteroatoms. The SMILES string of the molecule is CC(=S)NCC1C=C(c2cc(F)c(N3CCOCC3)c(F)c2)NO1. The fourth-order valence-corrected chi connectivity index (χ4v) is 2.79. The summed E-state index contributed by atoms with van der Waals surface area (Å²) in [5.74, 6) is -1.18. The molecule has 5 nitrogen and oxygen atoms in total. The minimum atomic E-state index is -0.592. The number of hydroxylamine groups is 1. The third-order valence-electron chi connectivity index (χ3n) is 3.88. The Morgan fingerprint density at radius 3 is 2.62 bits per heavy atom. The molecular formula is C16H19F2N3O2S. The number of halogens is 2. The number of rotatable bonds is 4. The van der Waals surface area contributed by atoms with Gasteiger partial charge < -0.3 is 15.0 Å². The molecule has 1 saturated heterocycles. The number of hydrogen-bond acceptors (Lipinski definition) is 5. The van der Waals surface area contributed by atoms with Crippen molar-refractivity contribution in [2.75, 3.05) is 37.7 Å². The van der Waals surface area contributed by atoms with Crippen LogP contribution < -0.4 is 15.7 Å². The Bertz CT molecular complexity index is 640. The van der Waals surface area contributed by atoms with Crippen LogP contribution in [0.2, 0.25) is 0 Å². The average molecular weight is 355 g/mol. The Kier molecular flexibility index (Phi) is 5.27. The normalized spacial score (nSPS) is 20.5. The first kappa shape index (κ1) is 17.1. The predicted molar refractivity (Wildman–Crippen MR) is 91.7 cm³/mol. The van der Waals surface area contributed by atoms with E-state index in [0.29, 0.717) is 49.1 Å². The van der Waals surface area contributed by atoms with Crippen molar-refractivity contribution in [2.24, 2.45) is 0 Å². The van der Waals surface area contributed by atoms with Crippen molar-refractivity contribution in [2.45, 2.75) is 13.0 Å². The third kappa shape index (κ3) is 3.82. The second-order valence-corrected chi connectivity index (χ2v) is 6.28. The number of benzene rings is 1. The molecule has 2 aliphatic heterocycles. The molecule has 0 aliphatic carbocycles. The largest absolute Gasteiger partial charge is 0.378 e. The molecule has 0 radical (unpaired) electrons. The predicted octanol–water partition coefficient (Wildman–Crippen LogP) is 1.98. The van der Waals surface area contributed by atoms with E-state index in [4.69, 9.17) is 21.8 Å². The molecule has 0 amide bonds. The molecule has 24 heavy (non-hydrogen) atoms. The van der Waals surface area contributed by atoms with Crippen molar-refractivity contribution >= 4 is 28.6 Å². The number of nitrogens with one attached hydrogen (secondary N) is 2. The highest BCUT2D eigenvalue weighted by Gasteiger charge is 2.23. The van der Waals surface area contributed by atoms with E-state index in [-0.39, 0.29) is 11.8 Å². The van der Waals surface area contributed by atoms with Crippen LogP contribution in [0.5, 0.6) is 0 Å². The van der Waals surface area contributed by atoms with Crippen LogP contribution in [0.15, 0.2) is 18.2 Å². The van der Waals surface area contributed by atoms with Crippen LogP contribution in [0.3, 0.4) is 0 Å². The van der Waals surface area contributed by atoms with Crippen molar-refractivity contribution in [3.05, 3.63) is 35.4 Å². The van der Waals surface area contributed by atoms with Gasteiger partial charge in [-0.25, -0.2) is 8.78 Å². The fourth-order valence-electron chi connectivity index (χ4n) is 2.70. The molecule has 1 unspecified atom stereocenters. The van der Waals surface area contributed by atoms with Crippen LogP contribution in [0.1, 0.15) is 12.5 Å². The summed E-state index contributed by atoms with van der Waals surface area (Å²) in [6.45, 7) is 4.15. The molecule has 1 aromatic rings. The quantitative estimate of drug-likeness (QED) is 0.806. The van der Waals surface area contributed by atoms with Gasteiger partial charge in [-0.05, 0) is 25.1 Å². The highest BCUT2D eigenvalue weighted by molar-refractivity contribution is 7.80. The maximum Gasteiger partial charge on any atom is 0.150 e. The van der Waals surface area contributed by atoms with Crippen LogP contribution >= 0.6 is 12.2 Å². The zero-order valence-electron chi connectivity index (χ0n) is 13.3. The summed E-state index contributed by atoms with van der Waals surface area (Å²) in [4.78, 5) is 7.69. The summed E-state index contributed by atoms with van der Waals surface area (Å²) in [6.07, 6.45) is 1.51. The number of thiocarbonyl (C=S) groups is 1. The first-order valence-electron chi connectivity index (χ1n) is 7.74. The Morgan fingerprint density at radius 2 is 2.00 bits per heavy atom. The smallest absolute Gasteiger partial charge is 0.150 e. The second-order valence-electron chi connectivity index (χ2n) is 5.66. The number of ether oxygens (including phenoxy) is 1. The van der Waals surface area contributed by atoms with Gasteiger partial charge >= 0.3 is 0 Å². The summed E-state index contributed by atoms with van der Waals surface area (Å²) in [6, 6.07) is 2.63. The second kappa shape index (κ2) is 7.42. The summed E-state index contributed by atoms with van der Waals surface area (Å²) >= 11 is 4.94. The van der Waals surface area contributed by atoms with Crippen molar-refractivity contribution in [3.8, 4) is 0 Å². The van der Waals surface area contributed by atoms with Crippen molar-refractivity contribution in [3.63, 3.8) is 0 Å². The number of hydrogen-bond donors (Lipinski definition) is 2. The minimum absolute atomic E-state index is 0.00360. The number of morpholine rings is 1. The van der Waals surface area contributed by atoms with E-state index in [1.54, 1.807) is 17.9 Å². The topological polar surface area (TPSA) is 45.8 Å². The van der Waals surface area contributed by atoms with Gasteiger partial charge in [-0.2, -0.15) is 0 Å².